The molecule has 20 heavy (non-hydrogen) atoms. The average Bonchev–Trinajstić information content (AvgIpc) is 2.76. The third kappa shape index (κ3) is 3.05. The summed E-state index contributed by atoms with van der Waals surface area (Å²) in [6.45, 7) is 2.24. The van der Waals surface area contributed by atoms with Gasteiger partial charge in [0.25, 0.3) is 0 Å². The van der Waals surface area contributed by atoms with Gasteiger partial charge in [-0.25, -0.2) is 4.98 Å². The van der Waals surface area contributed by atoms with Gasteiger partial charge in [0.2, 0.25) is 0 Å². The van der Waals surface area contributed by atoms with Gasteiger partial charge in [0.1, 0.15) is 17.6 Å². The largest absolute Gasteiger partial charge is 0.493 e. The second kappa shape index (κ2) is 6.15. The van der Waals surface area contributed by atoms with Gasteiger partial charge in [-0.1, -0.05) is 17.7 Å². The number of nitrogens with zero attached hydrogens (tertiary/aromatic N) is 2. The third-order valence-electron chi connectivity index (χ3n) is 3.10. The number of ether oxygens (including phenoxy) is 2. The van der Waals surface area contributed by atoms with E-state index in [-0.39, 0.29) is 6.04 Å². The average molecular weight is 296 g/mol. The molecule has 0 saturated carbocycles. The predicted molar refractivity (Wildman–Crippen MR) is 78.1 cm³/mol. The highest BCUT2D eigenvalue weighted by Crippen LogP contribution is 2.30. The summed E-state index contributed by atoms with van der Waals surface area (Å²) >= 11 is 5.93. The molecule has 1 aromatic carbocycles. The minimum absolute atomic E-state index is 0.0497. The summed E-state index contributed by atoms with van der Waals surface area (Å²) < 4.78 is 12.8. The van der Waals surface area contributed by atoms with Crippen molar-refractivity contribution in [1.82, 2.24) is 9.55 Å². The van der Waals surface area contributed by atoms with Crippen LogP contribution in [0.3, 0.4) is 0 Å². The van der Waals surface area contributed by atoms with Crippen LogP contribution >= 0.6 is 11.6 Å². The summed E-state index contributed by atoms with van der Waals surface area (Å²) in [6.07, 6.45) is 1.59. The lowest BCUT2D eigenvalue weighted by atomic mass is 10.1. The number of hydrogen-bond donors (Lipinski definition) is 1. The Balaban J connectivity index is 2.15. The van der Waals surface area contributed by atoms with E-state index in [0.29, 0.717) is 23.3 Å². The SMILES string of the molecule is COc1cc(C(C)N)ccc1OCc1ncc(Cl)n1C. The molecule has 1 unspecified atom stereocenters. The number of hydrogen-bond acceptors (Lipinski definition) is 4. The third-order valence-corrected chi connectivity index (χ3v) is 3.45. The van der Waals surface area contributed by atoms with Crippen molar-refractivity contribution in [2.24, 2.45) is 12.8 Å². The smallest absolute Gasteiger partial charge is 0.161 e. The molecule has 0 saturated heterocycles. The number of benzene rings is 1. The lowest BCUT2D eigenvalue weighted by molar-refractivity contribution is 0.273. The molecule has 0 bridgehead atoms. The molecule has 0 spiro atoms. The Morgan fingerprint density at radius 2 is 2.15 bits per heavy atom. The summed E-state index contributed by atoms with van der Waals surface area (Å²) in [5, 5.41) is 0.572. The first-order valence-corrected chi connectivity index (χ1v) is 6.63. The van der Waals surface area contributed by atoms with E-state index in [0.717, 1.165) is 11.4 Å². The van der Waals surface area contributed by atoms with Gasteiger partial charge in [-0.15, -0.1) is 0 Å². The van der Waals surface area contributed by atoms with Crippen LogP contribution in [0.25, 0.3) is 0 Å². The Labute approximate surface area is 123 Å². The van der Waals surface area contributed by atoms with Crippen molar-refractivity contribution in [1.29, 1.82) is 0 Å². The second-order valence-corrected chi connectivity index (χ2v) is 4.93. The molecule has 2 N–H and O–H groups in total. The lowest BCUT2D eigenvalue weighted by Crippen LogP contribution is -2.07. The Morgan fingerprint density at radius 1 is 1.40 bits per heavy atom. The molecule has 0 amide bonds. The van der Waals surface area contributed by atoms with Crippen molar-refractivity contribution in [3.8, 4) is 11.5 Å². The lowest BCUT2D eigenvalue weighted by Gasteiger charge is -2.13. The summed E-state index contributed by atoms with van der Waals surface area (Å²) in [7, 11) is 3.44. The number of aromatic nitrogens is 2. The maximum absolute atomic E-state index is 5.93. The highest BCUT2D eigenvalue weighted by atomic mass is 35.5. The normalized spacial score (nSPS) is 12.2. The number of methoxy groups -OCH3 is 1. The predicted octanol–water partition coefficient (Wildman–Crippen LogP) is 2.68. The number of nitrogens with two attached hydrogens (primary N) is 1. The van der Waals surface area contributed by atoms with Crippen LogP contribution in [0, 0.1) is 0 Å². The van der Waals surface area contributed by atoms with Crippen LogP contribution in [0.5, 0.6) is 11.5 Å². The van der Waals surface area contributed by atoms with Crippen molar-refractivity contribution >= 4 is 11.6 Å². The molecule has 0 fully saturated rings. The van der Waals surface area contributed by atoms with E-state index in [9.17, 15) is 0 Å². The van der Waals surface area contributed by atoms with Gasteiger partial charge >= 0.3 is 0 Å². The molecule has 2 rings (SSSR count). The highest BCUT2D eigenvalue weighted by Gasteiger charge is 2.10. The van der Waals surface area contributed by atoms with Crippen molar-refractivity contribution in [3.05, 3.63) is 40.9 Å². The molecular formula is C14H18ClN3O2. The molecule has 1 atom stereocenters. The Morgan fingerprint density at radius 3 is 2.70 bits per heavy atom. The summed E-state index contributed by atoms with van der Waals surface area (Å²) in [6, 6.07) is 5.60. The van der Waals surface area contributed by atoms with Crippen molar-refractivity contribution in [3.63, 3.8) is 0 Å². The second-order valence-electron chi connectivity index (χ2n) is 4.54. The topological polar surface area (TPSA) is 62.3 Å². The van der Waals surface area contributed by atoms with Crippen LogP contribution in [0.2, 0.25) is 5.15 Å². The first-order chi connectivity index (χ1) is 9.52. The molecule has 6 heteroatoms. The van der Waals surface area contributed by atoms with E-state index in [2.05, 4.69) is 4.98 Å². The van der Waals surface area contributed by atoms with Gasteiger partial charge in [-0.3, -0.25) is 0 Å². The molecule has 108 valence electrons. The number of halogens is 1. The van der Waals surface area contributed by atoms with Crippen molar-refractivity contribution in [2.45, 2.75) is 19.6 Å². The Hall–Kier alpha value is -1.72. The van der Waals surface area contributed by atoms with Crippen LogP contribution in [-0.4, -0.2) is 16.7 Å². The van der Waals surface area contributed by atoms with Gasteiger partial charge in [-0.05, 0) is 24.6 Å². The van der Waals surface area contributed by atoms with Crippen LogP contribution in [-0.2, 0) is 13.7 Å². The van der Waals surface area contributed by atoms with E-state index in [4.69, 9.17) is 26.8 Å². The molecule has 0 aliphatic rings. The first-order valence-electron chi connectivity index (χ1n) is 6.25. The van der Waals surface area contributed by atoms with E-state index in [1.54, 1.807) is 17.9 Å². The monoisotopic (exact) mass is 295 g/mol. The van der Waals surface area contributed by atoms with Crippen LogP contribution in [0.15, 0.2) is 24.4 Å². The molecule has 0 aliphatic heterocycles. The van der Waals surface area contributed by atoms with Crippen LogP contribution < -0.4 is 15.2 Å². The maximum Gasteiger partial charge on any atom is 0.161 e. The zero-order chi connectivity index (χ0) is 14.7. The fraction of sp³-hybridized carbons (Fsp3) is 0.357. The summed E-state index contributed by atoms with van der Waals surface area (Å²) in [5.74, 6) is 2.05. The Kier molecular flexibility index (Phi) is 4.52. The van der Waals surface area contributed by atoms with Gasteiger partial charge in [0.05, 0.1) is 13.3 Å². The highest BCUT2D eigenvalue weighted by molar-refractivity contribution is 6.29. The van der Waals surface area contributed by atoms with E-state index in [1.807, 2.05) is 32.2 Å². The fourth-order valence-electron chi connectivity index (χ4n) is 1.79. The zero-order valence-corrected chi connectivity index (χ0v) is 12.5. The van der Waals surface area contributed by atoms with Crippen molar-refractivity contribution in [2.75, 3.05) is 7.11 Å². The molecule has 0 aliphatic carbocycles. The first kappa shape index (κ1) is 14.7. The molecule has 1 heterocycles. The zero-order valence-electron chi connectivity index (χ0n) is 11.8. The van der Waals surface area contributed by atoms with Crippen LogP contribution in [0.1, 0.15) is 24.4 Å². The van der Waals surface area contributed by atoms with E-state index >= 15 is 0 Å². The van der Waals surface area contributed by atoms with Crippen LogP contribution in [0.4, 0.5) is 0 Å². The summed E-state index contributed by atoms with van der Waals surface area (Å²) in [5.41, 5.74) is 6.85. The summed E-state index contributed by atoms with van der Waals surface area (Å²) in [4.78, 5) is 4.18. The van der Waals surface area contributed by atoms with Gasteiger partial charge in [0, 0.05) is 13.1 Å². The molecule has 0 radical (unpaired) electrons. The number of rotatable bonds is 5. The molecule has 5 nitrogen and oxygen atoms in total. The van der Waals surface area contributed by atoms with E-state index in [1.165, 1.54) is 0 Å². The van der Waals surface area contributed by atoms with Gasteiger partial charge < -0.3 is 19.8 Å². The Bertz CT molecular complexity index is 596. The van der Waals surface area contributed by atoms with Gasteiger partial charge in [0.15, 0.2) is 11.5 Å². The molecular weight excluding hydrogens is 278 g/mol. The minimum atomic E-state index is -0.0497. The van der Waals surface area contributed by atoms with E-state index < -0.39 is 0 Å². The minimum Gasteiger partial charge on any atom is -0.493 e. The fourth-order valence-corrected chi connectivity index (χ4v) is 1.93. The maximum atomic E-state index is 5.93. The molecule has 1 aromatic heterocycles. The number of imidazole rings is 1. The molecule has 2 aromatic rings. The quantitative estimate of drug-likeness (QED) is 0.921. The van der Waals surface area contributed by atoms with Gasteiger partial charge in [-0.2, -0.15) is 0 Å². The van der Waals surface area contributed by atoms with Crippen molar-refractivity contribution < 1.29 is 9.47 Å². The standard InChI is InChI=1S/C14H18ClN3O2/c1-9(16)10-4-5-11(12(6-10)19-3)20-8-14-17-7-13(15)18(14)2/h4-7,9H,8,16H2,1-3H3.